The molecule has 1 aliphatic rings. The molecule has 2 amide bonds. The second-order valence-electron chi connectivity index (χ2n) is 5.96. The maximum Gasteiger partial charge on any atom is 0.246 e. The van der Waals surface area contributed by atoms with E-state index in [4.69, 9.17) is 0 Å². The van der Waals surface area contributed by atoms with Crippen molar-refractivity contribution >= 4 is 11.8 Å². The Morgan fingerprint density at radius 2 is 2.10 bits per heavy atom. The summed E-state index contributed by atoms with van der Waals surface area (Å²) in [4.78, 5) is 31.0. The molecule has 116 valence electrons. The third-order valence-electron chi connectivity index (χ3n) is 3.94. The van der Waals surface area contributed by atoms with Crippen molar-refractivity contribution in [2.45, 2.75) is 52.2 Å². The number of aryl methyl sites for hydroxylation is 1. The van der Waals surface area contributed by atoms with Gasteiger partial charge in [-0.1, -0.05) is 27.2 Å². The van der Waals surface area contributed by atoms with Gasteiger partial charge >= 0.3 is 0 Å². The van der Waals surface area contributed by atoms with Gasteiger partial charge in [-0.05, 0) is 12.3 Å². The minimum absolute atomic E-state index is 0.00171. The number of nitrogens with one attached hydrogen (secondary N) is 1. The number of nitrogens with zero attached hydrogens (tertiary/aromatic N) is 3. The second-order valence-corrected chi connectivity index (χ2v) is 5.96. The highest BCUT2D eigenvalue weighted by Gasteiger charge is 2.41. The van der Waals surface area contributed by atoms with Gasteiger partial charge in [0.15, 0.2) is 0 Å². The highest BCUT2D eigenvalue weighted by molar-refractivity contribution is 5.97. The van der Waals surface area contributed by atoms with Crippen molar-refractivity contribution in [1.29, 1.82) is 0 Å². The SMILES string of the molecule is CCCC1NC(=O)C(C(C)C)N(Cc2nccn2C)C1=O. The average molecular weight is 292 g/mol. The number of aromatic nitrogens is 2. The van der Waals surface area contributed by atoms with Gasteiger partial charge in [0.25, 0.3) is 0 Å². The molecule has 6 nitrogen and oxygen atoms in total. The van der Waals surface area contributed by atoms with Crippen LogP contribution in [0.1, 0.15) is 39.4 Å². The molecule has 0 saturated carbocycles. The molecule has 0 bridgehead atoms. The predicted octanol–water partition coefficient (Wildman–Crippen LogP) is 1.07. The van der Waals surface area contributed by atoms with Crippen LogP contribution in [0.5, 0.6) is 0 Å². The van der Waals surface area contributed by atoms with Crippen molar-refractivity contribution < 1.29 is 9.59 Å². The van der Waals surface area contributed by atoms with E-state index < -0.39 is 12.1 Å². The summed E-state index contributed by atoms with van der Waals surface area (Å²) < 4.78 is 1.88. The van der Waals surface area contributed by atoms with Gasteiger partial charge in [-0.25, -0.2) is 4.98 Å². The van der Waals surface area contributed by atoms with Gasteiger partial charge in [0.05, 0.1) is 6.54 Å². The zero-order chi connectivity index (χ0) is 15.6. The molecule has 2 heterocycles. The van der Waals surface area contributed by atoms with E-state index in [1.807, 2.05) is 38.6 Å². The molecular weight excluding hydrogens is 268 g/mol. The molecular formula is C15H24N4O2. The van der Waals surface area contributed by atoms with Crippen LogP contribution >= 0.6 is 0 Å². The van der Waals surface area contributed by atoms with Crippen LogP contribution in [0.3, 0.4) is 0 Å². The Bertz CT molecular complexity index is 523. The van der Waals surface area contributed by atoms with Crippen LogP contribution in [-0.4, -0.2) is 38.3 Å². The molecule has 0 radical (unpaired) electrons. The van der Waals surface area contributed by atoms with E-state index in [9.17, 15) is 9.59 Å². The van der Waals surface area contributed by atoms with E-state index in [0.717, 1.165) is 12.2 Å². The zero-order valence-electron chi connectivity index (χ0n) is 13.2. The molecule has 0 aliphatic carbocycles. The Balaban J connectivity index is 2.27. The summed E-state index contributed by atoms with van der Waals surface area (Å²) in [6.07, 6.45) is 5.08. The molecule has 2 atom stereocenters. The van der Waals surface area contributed by atoms with Crippen molar-refractivity contribution in [1.82, 2.24) is 19.8 Å². The molecule has 6 heteroatoms. The monoisotopic (exact) mass is 292 g/mol. The molecule has 21 heavy (non-hydrogen) atoms. The Labute approximate surface area is 125 Å². The first-order valence-corrected chi connectivity index (χ1v) is 7.52. The van der Waals surface area contributed by atoms with E-state index in [-0.39, 0.29) is 17.7 Å². The number of amides is 2. The maximum absolute atomic E-state index is 12.7. The third kappa shape index (κ3) is 3.09. The molecule has 1 saturated heterocycles. The number of piperazine rings is 1. The number of hydrogen-bond acceptors (Lipinski definition) is 3. The van der Waals surface area contributed by atoms with Crippen LogP contribution < -0.4 is 5.32 Å². The molecule has 1 aliphatic heterocycles. The van der Waals surface area contributed by atoms with Crippen LogP contribution in [-0.2, 0) is 23.2 Å². The summed E-state index contributed by atoms with van der Waals surface area (Å²) in [5, 5.41) is 2.87. The molecule has 0 spiro atoms. The topological polar surface area (TPSA) is 67.2 Å². The molecule has 1 aromatic heterocycles. The van der Waals surface area contributed by atoms with Crippen LogP contribution in [0.25, 0.3) is 0 Å². The number of hydrogen-bond donors (Lipinski definition) is 1. The highest BCUT2D eigenvalue weighted by atomic mass is 16.2. The van der Waals surface area contributed by atoms with Gasteiger partial charge in [0, 0.05) is 19.4 Å². The standard InChI is InChI=1S/C15H24N4O2/c1-5-6-11-15(21)19(9-12-16-7-8-18(12)4)13(10(2)3)14(20)17-11/h7-8,10-11,13H,5-6,9H2,1-4H3,(H,17,20). The first-order chi connectivity index (χ1) is 9.95. The maximum atomic E-state index is 12.7. The lowest BCUT2D eigenvalue weighted by molar-refractivity contribution is -0.152. The Kier molecular flexibility index (Phi) is 4.65. The average Bonchev–Trinajstić information content (AvgIpc) is 2.80. The van der Waals surface area contributed by atoms with E-state index in [2.05, 4.69) is 10.3 Å². The van der Waals surface area contributed by atoms with Crippen LogP contribution in [0, 0.1) is 5.92 Å². The van der Waals surface area contributed by atoms with E-state index >= 15 is 0 Å². The summed E-state index contributed by atoms with van der Waals surface area (Å²) in [5.74, 6) is 0.797. The summed E-state index contributed by atoms with van der Waals surface area (Å²) in [5.41, 5.74) is 0. The first kappa shape index (κ1) is 15.5. The fourth-order valence-corrected chi connectivity index (χ4v) is 2.82. The molecule has 0 aromatic carbocycles. The van der Waals surface area contributed by atoms with Crippen molar-refractivity contribution in [2.75, 3.05) is 0 Å². The van der Waals surface area contributed by atoms with Gasteiger partial charge in [-0.3, -0.25) is 9.59 Å². The second kappa shape index (κ2) is 6.28. The molecule has 2 unspecified atom stereocenters. The van der Waals surface area contributed by atoms with Crippen LogP contribution in [0.2, 0.25) is 0 Å². The van der Waals surface area contributed by atoms with Crippen LogP contribution in [0.4, 0.5) is 0 Å². The van der Waals surface area contributed by atoms with Gasteiger partial charge in [0.1, 0.15) is 17.9 Å². The molecule has 1 N–H and O–H groups in total. The molecule has 1 fully saturated rings. The summed E-state index contributed by atoms with van der Waals surface area (Å²) >= 11 is 0. The minimum Gasteiger partial charge on any atom is -0.342 e. The smallest absolute Gasteiger partial charge is 0.246 e. The zero-order valence-corrected chi connectivity index (χ0v) is 13.2. The Hall–Kier alpha value is -1.85. The Morgan fingerprint density at radius 1 is 1.38 bits per heavy atom. The Morgan fingerprint density at radius 3 is 2.62 bits per heavy atom. The largest absolute Gasteiger partial charge is 0.342 e. The lowest BCUT2D eigenvalue weighted by Crippen LogP contribution is -2.64. The fraction of sp³-hybridized carbons (Fsp3) is 0.667. The fourth-order valence-electron chi connectivity index (χ4n) is 2.82. The van der Waals surface area contributed by atoms with Gasteiger partial charge in [-0.15, -0.1) is 0 Å². The number of carbonyl (C=O) groups excluding carboxylic acids is 2. The highest BCUT2D eigenvalue weighted by Crippen LogP contribution is 2.21. The minimum atomic E-state index is -0.428. The number of imidazole rings is 1. The summed E-state index contributed by atoms with van der Waals surface area (Å²) in [6.45, 7) is 6.31. The number of carbonyl (C=O) groups is 2. The van der Waals surface area contributed by atoms with Crippen molar-refractivity contribution in [3.63, 3.8) is 0 Å². The van der Waals surface area contributed by atoms with E-state index in [0.29, 0.717) is 13.0 Å². The first-order valence-electron chi connectivity index (χ1n) is 7.52. The lowest BCUT2D eigenvalue weighted by Gasteiger charge is -2.40. The van der Waals surface area contributed by atoms with Crippen LogP contribution in [0.15, 0.2) is 12.4 Å². The number of rotatable bonds is 5. The third-order valence-corrected chi connectivity index (χ3v) is 3.94. The van der Waals surface area contributed by atoms with Crippen molar-refractivity contribution in [2.24, 2.45) is 13.0 Å². The quantitative estimate of drug-likeness (QED) is 0.883. The van der Waals surface area contributed by atoms with Gasteiger partial charge in [-0.2, -0.15) is 0 Å². The molecule has 1 aromatic rings. The van der Waals surface area contributed by atoms with Crippen molar-refractivity contribution in [3.05, 3.63) is 18.2 Å². The molecule has 2 rings (SSSR count). The summed E-state index contributed by atoms with van der Waals surface area (Å²) in [6, 6.07) is -0.833. The predicted molar refractivity (Wildman–Crippen MR) is 79.2 cm³/mol. The van der Waals surface area contributed by atoms with Gasteiger partial charge in [0.2, 0.25) is 11.8 Å². The van der Waals surface area contributed by atoms with Crippen molar-refractivity contribution in [3.8, 4) is 0 Å². The lowest BCUT2D eigenvalue weighted by atomic mass is 9.95. The normalized spacial score (nSPS) is 22.8. The van der Waals surface area contributed by atoms with E-state index in [1.165, 1.54) is 0 Å². The summed E-state index contributed by atoms with van der Waals surface area (Å²) in [7, 11) is 1.89. The van der Waals surface area contributed by atoms with E-state index in [1.54, 1.807) is 11.1 Å². The van der Waals surface area contributed by atoms with Gasteiger partial charge < -0.3 is 14.8 Å².